The molecular weight excluding hydrogens is 328 g/mol. The summed E-state index contributed by atoms with van der Waals surface area (Å²) in [5, 5.41) is 11.9. The number of benzene rings is 1. The molecule has 6 heteroatoms. The fourth-order valence-electron chi connectivity index (χ4n) is 1.85. The lowest BCUT2D eigenvalue weighted by Gasteiger charge is -2.14. The van der Waals surface area contributed by atoms with E-state index < -0.39 is 9.84 Å². The molecule has 0 fully saturated rings. The molecule has 23 heavy (non-hydrogen) atoms. The van der Waals surface area contributed by atoms with Crippen LogP contribution >= 0.6 is 11.3 Å². The van der Waals surface area contributed by atoms with Crippen LogP contribution in [0.5, 0.6) is 0 Å². The number of hydrogen-bond donors (Lipinski definition) is 0. The quantitative estimate of drug-likeness (QED) is 0.787. The fraction of sp³-hybridized carbons (Fsp3) is 0.294. The Hall–Kier alpha value is -1.97. The Morgan fingerprint density at radius 1 is 1.26 bits per heavy atom. The number of sulfone groups is 1. The van der Waals surface area contributed by atoms with Crippen molar-refractivity contribution in [1.82, 2.24) is 4.98 Å². The second-order valence-electron chi connectivity index (χ2n) is 6.30. The van der Waals surface area contributed by atoms with Gasteiger partial charge in [-0.3, -0.25) is 0 Å². The third-order valence-electron chi connectivity index (χ3n) is 3.24. The molecule has 0 saturated carbocycles. The van der Waals surface area contributed by atoms with Crippen molar-refractivity contribution in [3.63, 3.8) is 0 Å². The van der Waals surface area contributed by atoms with Crippen LogP contribution in [0.15, 0.2) is 34.6 Å². The van der Waals surface area contributed by atoms with Crippen molar-refractivity contribution in [3.05, 3.63) is 45.8 Å². The third-order valence-corrected chi connectivity index (χ3v) is 5.14. The average molecular weight is 346 g/mol. The Kier molecular flexibility index (Phi) is 4.73. The smallest absolute Gasteiger partial charge is 0.185 e. The molecule has 0 unspecified atom stereocenters. The predicted octanol–water partition coefficient (Wildman–Crippen LogP) is 4.02. The summed E-state index contributed by atoms with van der Waals surface area (Å²) in [6.45, 7) is 6.36. The molecule has 2 rings (SSSR count). The van der Waals surface area contributed by atoms with Gasteiger partial charge in [0.15, 0.2) is 9.84 Å². The van der Waals surface area contributed by atoms with Gasteiger partial charge in [0.25, 0.3) is 0 Å². The zero-order valence-electron chi connectivity index (χ0n) is 13.5. The van der Waals surface area contributed by atoms with E-state index in [4.69, 9.17) is 5.26 Å². The lowest BCUT2D eigenvalue weighted by atomic mass is 9.93. The topological polar surface area (TPSA) is 70.8 Å². The van der Waals surface area contributed by atoms with E-state index in [9.17, 15) is 8.42 Å². The van der Waals surface area contributed by atoms with Crippen LogP contribution in [0.1, 0.15) is 32.0 Å². The Balaban J connectivity index is 2.32. The number of allylic oxidation sites excluding steroid dienone is 1. The maximum Gasteiger partial charge on any atom is 0.185 e. The molecule has 0 aliphatic rings. The Bertz CT molecular complexity index is 878. The summed E-state index contributed by atoms with van der Waals surface area (Å²) in [6, 6.07) is 9.06. The molecule has 0 spiro atoms. The van der Waals surface area contributed by atoms with E-state index in [1.54, 1.807) is 29.5 Å². The molecule has 0 N–H and O–H groups in total. The van der Waals surface area contributed by atoms with Gasteiger partial charge in [-0.15, -0.1) is 11.3 Å². The maximum absolute atomic E-state index is 11.5. The minimum Gasteiger partial charge on any atom is -0.241 e. The number of thiazole rings is 1. The Labute approximate surface area is 141 Å². The third kappa shape index (κ3) is 4.27. The average Bonchev–Trinajstić information content (AvgIpc) is 2.94. The van der Waals surface area contributed by atoms with E-state index in [1.807, 2.05) is 12.1 Å². The Morgan fingerprint density at radius 2 is 1.87 bits per heavy atom. The van der Waals surface area contributed by atoms with E-state index >= 15 is 0 Å². The molecule has 0 radical (unpaired) electrons. The lowest BCUT2D eigenvalue weighted by Crippen LogP contribution is -2.11. The molecule has 4 nitrogen and oxygen atoms in total. The monoisotopic (exact) mass is 346 g/mol. The van der Waals surface area contributed by atoms with Crippen LogP contribution in [-0.4, -0.2) is 19.7 Å². The maximum atomic E-state index is 11.5. The zero-order chi connectivity index (χ0) is 17.3. The van der Waals surface area contributed by atoms with E-state index in [0.29, 0.717) is 5.56 Å². The van der Waals surface area contributed by atoms with Gasteiger partial charge in [0.05, 0.1) is 5.69 Å². The molecule has 2 aromatic rings. The second kappa shape index (κ2) is 6.26. The normalized spacial score (nSPS) is 12.9. The molecule has 0 saturated heterocycles. The van der Waals surface area contributed by atoms with Crippen molar-refractivity contribution in [1.29, 1.82) is 5.26 Å². The van der Waals surface area contributed by atoms with Crippen molar-refractivity contribution in [2.75, 3.05) is 6.26 Å². The molecule has 1 aromatic carbocycles. The minimum absolute atomic E-state index is 0.00854. The molecule has 0 bridgehead atoms. The van der Waals surface area contributed by atoms with Gasteiger partial charge in [0.2, 0.25) is 0 Å². The van der Waals surface area contributed by atoms with E-state index in [2.05, 4.69) is 31.1 Å². The molecule has 1 aromatic heterocycles. The number of aromatic nitrogens is 1. The second-order valence-corrected chi connectivity index (χ2v) is 9.14. The first-order valence-corrected chi connectivity index (χ1v) is 9.76. The molecule has 0 amide bonds. The van der Waals surface area contributed by atoms with Gasteiger partial charge in [-0.05, 0) is 11.6 Å². The van der Waals surface area contributed by atoms with Crippen LogP contribution < -0.4 is 0 Å². The SMILES string of the molecule is CC(C)(C)c1csc(-c2ccc(/C=C(\C#N)S(C)(=O)=O)cc2)n1. The summed E-state index contributed by atoms with van der Waals surface area (Å²) in [4.78, 5) is 4.41. The lowest BCUT2D eigenvalue weighted by molar-refractivity contribution is 0.573. The summed E-state index contributed by atoms with van der Waals surface area (Å²) in [5.74, 6) is 0. The van der Waals surface area contributed by atoms with Gasteiger partial charge in [-0.1, -0.05) is 45.0 Å². The van der Waals surface area contributed by atoms with Crippen molar-refractivity contribution < 1.29 is 8.42 Å². The fourth-order valence-corrected chi connectivity index (χ4v) is 3.42. The largest absolute Gasteiger partial charge is 0.241 e. The van der Waals surface area contributed by atoms with Crippen LogP contribution in [0.4, 0.5) is 0 Å². The number of nitriles is 1. The van der Waals surface area contributed by atoms with Crippen LogP contribution in [0, 0.1) is 11.3 Å². The summed E-state index contributed by atoms with van der Waals surface area (Å²) >= 11 is 1.58. The van der Waals surface area contributed by atoms with Crippen molar-refractivity contribution in [2.45, 2.75) is 26.2 Å². The van der Waals surface area contributed by atoms with Crippen LogP contribution in [-0.2, 0) is 15.3 Å². The van der Waals surface area contributed by atoms with Gasteiger partial charge in [-0.25, -0.2) is 13.4 Å². The van der Waals surface area contributed by atoms with E-state index in [-0.39, 0.29) is 10.3 Å². The summed E-state index contributed by atoms with van der Waals surface area (Å²) < 4.78 is 22.9. The van der Waals surface area contributed by atoms with Gasteiger partial charge >= 0.3 is 0 Å². The van der Waals surface area contributed by atoms with Gasteiger partial charge in [-0.2, -0.15) is 5.26 Å². The molecule has 0 aliphatic heterocycles. The first-order chi connectivity index (χ1) is 10.6. The summed E-state index contributed by atoms with van der Waals surface area (Å²) in [5.41, 5.74) is 2.70. The highest BCUT2D eigenvalue weighted by molar-refractivity contribution is 7.95. The van der Waals surface area contributed by atoms with Gasteiger partial charge in [0.1, 0.15) is 16.0 Å². The number of rotatable bonds is 3. The minimum atomic E-state index is -3.50. The van der Waals surface area contributed by atoms with Crippen LogP contribution in [0.25, 0.3) is 16.6 Å². The first-order valence-electron chi connectivity index (χ1n) is 6.99. The molecule has 120 valence electrons. The highest BCUT2D eigenvalue weighted by Crippen LogP contribution is 2.30. The molecule has 0 aliphatic carbocycles. The first kappa shape index (κ1) is 17.4. The number of nitrogens with zero attached hydrogens (tertiary/aromatic N) is 2. The zero-order valence-corrected chi connectivity index (χ0v) is 15.1. The molecular formula is C17H18N2O2S2. The highest BCUT2D eigenvalue weighted by atomic mass is 32.2. The standard InChI is InChI=1S/C17H18N2O2S2/c1-17(2,3)15-11-22-16(19-15)13-7-5-12(6-8-13)9-14(10-18)23(4,20)21/h5-9,11H,1-4H3/b14-9+. The molecule has 1 heterocycles. The number of hydrogen-bond acceptors (Lipinski definition) is 5. The molecule has 0 atom stereocenters. The van der Waals surface area contributed by atoms with E-state index in [0.717, 1.165) is 22.5 Å². The Morgan fingerprint density at radius 3 is 2.30 bits per heavy atom. The van der Waals surface area contributed by atoms with Crippen molar-refractivity contribution in [3.8, 4) is 16.6 Å². The van der Waals surface area contributed by atoms with Gasteiger partial charge < -0.3 is 0 Å². The highest BCUT2D eigenvalue weighted by Gasteiger charge is 2.18. The predicted molar refractivity (Wildman–Crippen MR) is 94.7 cm³/mol. The summed E-state index contributed by atoms with van der Waals surface area (Å²) in [6.07, 6.45) is 2.40. The van der Waals surface area contributed by atoms with Crippen LogP contribution in [0.3, 0.4) is 0 Å². The van der Waals surface area contributed by atoms with Crippen molar-refractivity contribution in [2.24, 2.45) is 0 Å². The summed E-state index contributed by atoms with van der Waals surface area (Å²) in [7, 11) is -3.50. The van der Waals surface area contributed by atoms with E-state index in [1.165, 1.54) is 6.08 Å². The van der Waals surface area contributed by atoms with Crippen molar-refractivity contribution >= 4 is 27.3 Å². The van der Waals surface area contributed by atoms with Gasteiger partial charge in [0, 0.05) is 22.6 Å². The van der Waals surface area contributed by atoms with Crippen LogP contribution in [0.2, 0.25) is 0 Å².